The maximum absolute atomic E-state index is 12.3. The largest absolute Gasteiger partial charge is 0.497 e. The van der Waals surface area contributed by atoms with Gasteiger partial charge < -0.3 is 24.3 Å². The summed E-state index contributed by atoms with van der Waals surface area (Å²) in [5, 5.41) is 2.79. The summed E-state index contributed by atoms with van der Waals surface area (Å²) in [5.41, 5.74) is 0.546. The molecule has 0 aromatic heterocycles. The van der Waals surface area contributed by atoms with E-state index in [0.29, 0.717) is 28.7 Å². The van der Waals surface area contributed by atoms with Gasteiger partial charge in [-0.1, -0.05) is 6.07 Å². The minimum absolute atomic E-state index is 0.290. The van der Waals surface area contributed by atoms with Crippen molar-refractivity contribution >= 4 is 11.6 Å². The Balaban J connectivity index is 2.06. The van der Waals surface area contributed by atoms with Crippen LogP contribution in [0.1, 0.15) is 6.92 Å². The number of methoxy groups -OCH3 is 3. The minimum atomic E-state index is -0.691. The predicted octanol–water partition coefficient (Wildman–Crippen LogP) is 3.12. The summed E-state index contributed by atoms with van der Waals surface area (Å²) in [4.78, 5) is 12.3. The highest BCUT2D eigenvalue weighted by Gasteiger charge is 2.17. The van der Waals surface area contributed by atoms with Crippen LogP contribution in [-0.2, 0) is 4.79 Å². The average molecular weight is 331 g/mol. The maximum atomic E-state index is 12.3. The Kier molecular flexibility index (Phi) is 5.89. The van der Waals surface area contributed by atoms with Gasteiger partial charge in [0.2, 0.25) is 0 Å². The van der Waals surface area contributed by atoms with Gasteiger partial charge in [0, 0.05) is 12.1 Å². The van der Waals surface area contributed by atoms with Crippen molar-refractivity contribution < 1.29 is 23.7 Å². The third-order valence-electron chi connectivity index (χ3n) is 3.39. The second-order valence-electron chi connectivity index (χ2n) is 4.99. The average Bonchev–Trinajstić information content (AvgIpc) is 2.62. The number of hydrogen-bond donors (Lipinski definition) is 1. The summed E-state index contributed by atoms with van der Waals surface area (Å²) in [6.07, 6.45) is -0.691. The molecule has 24 heavy (non-hydrogen) atoms. The first-order valence-corrected chi connectivity index (χ1v) is 7.41. The number of amides is 1. The van der Waals surface area contributed by atoms with E-state index < -0.39 is 6.10 Å². The molecule has 1 atom stereocenters. The van der Waals surface area contributed by atoms with Gasteiger partial charge in [-0.2, -0.15) is 0 Å². The molecule has 0 saturated heterocycles. The molecule has 0 aliphatic heterocycles. The van der Waals surface area contributed by atoms with Crippen molar-refractivity contribution in [3.8, 4) is 23.0 Å². The van der Waals surface area contributed by atoms with Crippen LogP contribution >= 0.6 is 0 Å². The Hall–Kier alpha value is -2.89. The molecule has 2 aromatic carbocycles. The van der Waals surface area contributed by atoms with Crippen LogP contribution < -0.4 is 24.3 Å². The lowest BCUT2D eigenvalue weighted by Crippen LogP contribution is -2.30. The second kappa shape index (κ2) is 8.10. The van der Waals surface area contributed by atoms with Crippen LogP contribution in [-0.4, -0.2) is 33.3 Å². The van der Waals surface area contributed by atoms with Crippen molar-refractivity contribution in [3.63, 3.8) is 0 Å². The fraction of sp³-hybridized carbons (Fsp3) is 0.278. The van der Waals surface area contributed by atoms with Crippen LogP contribution in [0, 0.1) is 0 Å². The molecule has 128 valence electrons. The molecule has 0 radical (unpaired) electrons. The first kappa shape index (κ1) is 17.5. The van der Waals surface area contributed by atoms with Gasteiger partial charge in [-0.05, 0) is 31.2 Å². The van der Waals surface area contributed by atoms with Crippen LogP contribution in [0.5, 0.6) is 23.0 Å². The third kappa shape index (κ3) is 4.32. The smallest absolute Gasteiger partial charge is 0.265 e. The van der Waals surface area contributed by atoms with Crippen LogP contribution in [0.25, 0.3) is 0 Å². The van der Waals surface area contributed by atoms with Gasteiger partial charge in [-0.15, -0.1) is 0 Å². The summed E-state index contributed by atoms with van der Waals surface area (Å²) >= 11 is 0. The zero-order chi connectivity index (χ0) is 17.5. The number of ether oxygens (including phenoxy) is 4. The van der Waals surface area contributed by atoms with Gasteiger partial charge in [0.1, 0.15) is 23.0 Å². The minimum Gasteiger partial charge on any atom is -0.497 e. The second-order valence-corrected chi connectivity index (χ2v) is 4.99. The van der Waals surface area contributed by atoms with Crippen molar-refractivity contribution in [1.29, 1.82) is 0 Å². The highest BCUT2D eigenvalue weighted by Crippen LogP contribution is 2.29. The Bertz CT molecular complexity index is 702. The standard InChI is InChI=1S/C18H21NO5/c1-12(24-15-7-5-6-13(10-15)21-2)18(20)19-16-9-8-14(22-3)11-17(16)23-4/h5-12H,1-4H3,(H,19,20)/t12-/m0/s1. The Morgan fingerprint density at radius 3 is 2.25 bits per heavy atom. The van der Waals surface area contributed by atoms with E-state index in [1.165, 1.54) is 7.11 Å². The Morgan fingerprint density at radius 2 is 1.58 bits per heavy atom. The number of benzene rings is 2. The van der Waals surface area contributed by atoms with Crippen molar-refractivity contribution in [2.45, 2.75) is 13.0 Å². The number of hydrogen-bond acceptors (Lipinski definition) is 5. The molecule has 6 heteroatoms. The number of nitrogens with one attached hydrogen (secondary N) is 1. The number of carbonyl (C=O) groups is 1. The van der Waals surface area contributed by atoms with E-state index in [4.69, 9.17) is 18.9 Å². The molecular weight excluding hydrogens is 310 g/mol. The van der Waals surface area contributed by atoms with E-state index in [-0.39, 0.29) is 5.91 Å². The zero-order valence-corrected chi connectivity index (χ0v) is 14.2. The summed E-state index contributed by atoms with van der Waals surface area (Å²) in [6.45, 7) is 1.67. The molecule has 0 bridgehead atoms. The van der Waals surface area contributed by atoms with E-state index in [1.807, 2.05) is 0 Å². The van der Waals surface area contributed by atoms with Gasteiger partial charge >= 0.3 is 0 Å². The molecule has 0 saturated carbocycles. The first-order valence-electron chi connectivity index (χ1n) is 7.41. The summed E-state index contributed by atoms with van der Waals surface area (Å²) in [7, 11) is 4.67. The highest BCUT2D eigenvalue weighted by atomic mass is 16.5. The Morgan fingerprint density at radius 1 is 0.917 bits per heavy atom. The first-order chi connectivity index (χ1) is 11.6. The molecule has 0 heterocycles. The van der Waals surface area contributed by atoms with E-state index in [1.54, 1.807) is 63.6 Å². The maximum Gasteiger partial charge on any atom is 0.265 e. The molecule has 0 unspecified atom stereocenters. The van der Waals surface area contributed by atoms with Crippen LogP contribution in [0.15, 0.2) is 42.5 Å². The van der Waals surface area contributed by atoms with E-state index in [9.17, 15) is 4.79 Å². The molecule has 0 aliphatic rings. The number of rotatable bonds is 7. The van der Waals surface area contributed by atoms with Crippen molar-refractivity contribution in [3.05, 3.63) is 42.5 Å². The molecule has 2 aromatic rings. The summed E-state index contributed by atoms with van der Waals surface area (Å²) in [5.74, 6) is 2.08. The van der Waals surface area contributed by atoms with Gasteiger partial charge in [-0.25, -0.2) is 0 Å². The van der Waals surface area contributed by atoms with Gasteiger partial charge in [0.05, 0.1) is 27.0 Å². The molecule has 1 amide bonds. The van der Waals surface area contributed by atoms with Crippen molar-refractivity contribution in [2.24, 2.45) is 0 Å². The van der Waals surface area contributed by atoms with Gasteiger partial charge in [0.25, 0.3) is 5.91 Å². The van der Waals surface area contributed by atoms with E-state index in [0.717, 1.165) is 0 Å². The fourth-order valence-corrected chi connectivity index (χ4v) is 2.07. The Labute approximate surface area is 141 Å². The lowest BCUT2D eigenvalue weighted by atomic mass is 10.2. The topological polar surface area (TPSA) is 66.0 Å². The van der Waals surface area contributed by atoms with Crippen LogP contribution in [0.3, 0.4) is 0 Å². The van der Waals surface area contributed by atoms with Gasteiger partial charge in [-0.3, -0.25) is 4.79 Å². The van der Waals surface area contributed by atoms with Gasteiger partial charge in [0.15, 0.2) is 6.10 Å². The van der Waals surface area contributed by atoms with Crippen molar-refractivity contribution in [1.82, 2.24) is 0 Å². The van der Waals surface area contributed by atoms with E-state index >= 15 is 0 Å². The number of anilines is 1. The summed E-state index contributed by atoms with van der Waals surface area (Å²) < 4.78 is 21.2. The third-order valence-corrected chi connectivity index (χ3v) is 3.39. The van der Waals surface area contributed by atoms with Crippen LogP contribution in [0.4, 0.5) is 5.69 Å². The number of carbonyl (C=O) groups excluding carboxylic acids is 1. The quantitative estimate of drug-likeness (QED) is 0.844. The normalized spacial score (nSPS) is 11.3. The molecule has 6 nitrogen and oxygen atoms in total. The van der Waals surface area contributed by atoms with Crippen molar-refractivity contribution in [2.75, 3.05) is 26.6 Å². The summed E-state index contributed by atoms with van der Waals surface area (Å²) in [6, 6.07) is 12.2. The molecular formula is C18H21NO5. The zero-order valence-electron chi connectivity index (χ0n) is 14.2. The SMILES string of the molecule is COc1cccc(O[C@@H](C)C(=O)Nc2ccc(OC)cc2OC)c1. The molecule has 0 spiro atoms. The molecule has 1 N–H and O–H groups in total. The molecule has 0 aliphatic carbocycles. The molecule has 2 rings (SSSR count). The van der Waals surface area contributed by atoms with E-state index in [2.05, 4.69) is 5.32 Å². The highest BCUT2D eigenvalue weighted by molar-refractivity contribution is 5.95. The fourth-order valence-electron chi connectivity index (χ4n) is 2.07. The predicted molar refractivity (Wildman–Crippen MR) is 91.3 cm³/mol. The van der Waals surface area contributed by atoms with Crippen LogP contribution in [0.2, 0.25) is 0 Å². The monoisotopic (exact) mass is 331 g/mol. The lowest BCUT2D eigenvalue weighted by molar-refractivity contribution is -0.122. The lowest BCUT2D eigenvalue weighted by Gasteiger charge is -2.17. The molecule has 0 fully saturated rings.